The highest BCUT2D eigenvalue weighted by Crippen LogP contribution is 2.22. The molecule has 1 aromatic heterocycles. The fraction of sp³-hybridized carbons (Fsp3) is 0.263. The normalized spacial score (nSPS) is 10.6. The van der Waals surface area contributed by atoms with Crippen LogP contribution in [0.25, 0.3) is 11.4 Å². The lowest BCUT2D eigenvalue weighted by atomic mass is 10.0. The van der Waals surface area contributed by atoms with Gasteiger partial charge in [0.05, 0.1) is 0 Å². The van der Waals surface area contributed by atoms with Crippen LogP contribution in [0.4, 0.5) is 5.69 Å². The molecule has 0 atom stereocenters. The number of para-hydroxylation sites is 1. The van der Waals surface area contributed by atoms with Gasteiger partial charge >= 0.3 is 0 Å². The molecule has 1 amide bonds. The summed E-state index contributed by atoms with van der Waals surface area (Å²) in [4.78, 5) is 13.7. The second-order valence-electron chi connectivity index (χ2n) is 5.72. The minimum Gasteiger partial charge on any atom is -0.324 e. The predicted octanol–water partition coefficient (Wildman–Crippen LogP) is 3.10. The summed E-state index contributed by atoms with van der Waals surface area (Å²) in [6, 6.07) is 15.7. The lowest BCUT2D eigenvalue weighted by Gasteiger charge is -2.14. The van der Waals surface area contributed by atoms with Crippen LogP contribution in [-0.4, -0.2) is 26.1 Å². The molecule has 0 aliphatic heterocycles. The van der Waals surface area contributed by atoms with Gasteiger partial charge in [-0.1, -0.05) is 62.4 Å². The molecule has 0 spiro atoms. The first-order chi connectivity index (χ1) is 12.2. The summed E-state index contributed by atoms with van der Waals surface area (Å²) >= 11 is 0. The first-order valence-corrected chi connectivity index (χ1v) is 8.45. The number of aromatic nitrogens is 4. The number of nitrogens with one attached hydrogen (secondary N) is 1. The minimum absolute atomic E-state index is 0.0288. The zero-order chi connectivity index (χ0) is 17.6. The van der Waals surface area contributed by atoms with E-state index in [9.17, 15) is 4.79 Å². The topological polar surface area (TPSA) is 72.7 Å². The van der Waals surface area contributed by atoms with E-state index >= 15 is 0 Å². The van der Waals surface area contributed by atoms with Crippen molar-refractivity contribution in [2.24, 2.45) is 0 Å². The van der Waals surface area contributed by atoms with E-state index in [2.05, 4.69) is 34.6 Å². The molecule has 3 aromatic rings. The van der Waals surface area contributed by atoms with Crippen molar-refractivity contribution in [3.05, 3.63) is 59.7 Å². The van der Waals surface area contributed by atoms with E-state index in [1.54, 1.807) is 0 Å². The van der Waals surface area contributed by atoms with E-state index in [0.29, 0.717) is 5.82 Å². The first-order valence-electron chi connectivity index (χ1n) is 8.45. The third-order valence-electron chi connectivity index (χ3n) is 4.03. The van der Waals surface area contributed by atoms with Gasteiger partial charge in [0.15, 0.2) is 0 Å². The summed E-state index contributed by atoms with van der Waals surface area (Å²) in [6.07, 6.45) is 1.73. The smallest absolute Gasteiger partial charge is 0.248 e. The highest BCUT2D eigenvalue weighted by atomic mass is 16.2. The molecule has 128 valence electrons. The van der Waals surface area contributed by atoms with Crippen molar-refractivity contribution >= 4 is 11.6 Å². The van der Waals surface area contributed by atoms with Gasteiger partial charge in [0.2, 0.25) is 11.7 Å². The lowest BCUT2D eigenvalue weighted by molar-refractivity contribution is -0.117. The average molecular weight is 335 g/mol. The van der Waals surface area contributed by atoms with E-state index in [4.69, 9.17) is 0 Å². The second-order valence-corrected chi connectivity index (χ2v) is 5.72. The summed E-state index contributed by atoms with van der Waals surface area (Å²) in [5.74, 6) is 0.351. The highest BCUT2D eigenvalue weighted by molar-refractivity contribution is 5.92. The van der Waals surface area contributed by atoms with Crippen LogP contribution in [0.5, 0.6) is 0 Å². The van der Waals surface area contributed by atoms with Crippen molar-refractivity contribution in [1.82, 2.24) is 20.2 Å². The van der Waals surface area contributed by atoms with Crippen LogP contribution < -0.4 is 5.32 Å². The van der Waals surface area contributed by atoms with Crippen molar-refractivity contribution in [2.45, 2.75) is 33.2 Å². The summed E-state index contributed by atoms with van der Waals surface area (Å²) in [7, 11) is 0. The van der Waals surface area contributed by atoms with Gasteiger partial charge < -0.3 is 5.32 Å². The number of aryl methyl sites for hydroxylation is 2. The van der Waals surface area contributed by atoms with Gasteiger partial charge in [0.1, 0.15) is 6.54 Å². The lowest BCUT2D eigenvalue weighted by Crippen LogP contribution is -2.22. The molecular weight excluding hydrogens is 314 g/mol. The van der Waals surface area contributed by atoms with Gasteiger partial charge in [-0.25, -0.2) is 0 Å². The predicted molar refractivity (Wildman–Crippen MR) is 97.1 cm³/mol. The van der Waals surface area contributed by atoms with Gasteiger partial charge in [-0.3, -0.25) is 4.79 Å². The largest absolute Gasteiger partial charge is 0.324 e. The molecule has 0 saturated carbocycles. The number of carbonyl (C=O) groups excluding carboxylic acids is 1. The SMILES string of the molecule is CCc1cccc(CC)c1NC(=O)Cn1nnc(-c2ccccc2)n1. The highest BCUT2D eigenvalue weighted by Gasteiger charge is 2.12. The minimum atomic E-state index is -0.160. The van der Waals surface area contributed by atoms with Crippen molar-refractivity contribution in [3.8, 4) is 11.4 Å². The molecule has 0 saturated heterocycles. The molecule has 0 aliphatic rings. The maximum Gasteiger partial charge on any atom is 0.248 e. The Morgan fingerprint density at radius 2 is 1.68 bits per heavy atom. The maximum atomic E-state index is 12.4. The van der Waals surface area contributed by atoms with E-state index in [0.717, 1.165) is 35.2 Å². The molecule has 1 N–H and O–H groups in total. The number of tetrazole rings is 1. The zero-order valence-electron chi connectivity index (χ0n) is 14.4. The number of hydrogen-bond donors (Lipinski definition) is 1. The Hall–Kier alpha value is -3.02. The maximum absolute atomic E-state index is 12.4. The van der Waals surface area contributed by atoms with Gasteiger partial charge in [0, 0.05) is 11.3 Å². The van der Waals surface area contributed by atoms with E-state index in [-0.39, 0.29) is 12.5 Å². The second kappa shape index (κ2) is 7.70. The average Bonchev–Trinajstić information content (AvgIpc) is 3.11. The molecule has 0 aliphatic carbocycles. The molecule has 0 unspecified atom stereocenters. The van der Waals surface area contributed by atoms with Gasteiger partial charge in [-0.05, 0) is 29.2 Å². The number of carbonyl (C=O) groups is 1. The Labute approximate surface area is 146 Å². The Morgan fingerprint density at radius 3 is 2.32 bits per heavy atom. The van der Waals surface area contributed by atoms with Crippen molar-refractivity contribution < 1.29 is 4.79 Å². The standard InChI is InChI=1S/C19H21N5O/c1-3-14-11-8-12-15(4-2)18(14)20-17(25)13-24-22-19(21-23-24)16-9-6-5-7-10-16/h5-12H,3-4,13H2,1-2H3,(H,20,25). The number of benzene rings is 2. The van der Waals surface area contributed by atoms with Crippen LogP contribution in [0.15, 0.2) is 48.5 Å². The van der Waals surface area contributed by atoms with E-state index < -0.39 is 0 Å². The molecule has 6 heteroatoms. The third-order valence-corrected chi connectivity index (χ3v) is 4.03. The van der Waals surface area contributed by atoms with Crippen molar-refractivity contribution in [3.63, 3.8) is 0 Å². The van der Waals surface area contributed by atoms with Crippen LogP contribution in [0.1, 0.15) is 25.0 Å². The molecule has 6 nitrogen and oxygen atoms in total. The quantitative estimate of drug-likeness (QED) is 0.751. The Bertz CT molecular complexity index is 835. The van der Waals surface area contributed by atoms with Gasteiger partial charge in [-0.15, -0.1) is 10.2 Å². The number of hydrogen-bond acceptors (Lipinski definition) is 4. The molecule has 1 heterocycles. The number of rotatable bonds is 6. The van der Waals surface area contributed by atoms with E-state index in [1.807, 2.05) is 48.5 Å². The van der Waals surface area contributed by atoms with Gasteiger partial charge in [0.25, 0.3) is 0 Å². The zero-order valence-corrected chi connectivity index (χ0v) is 14.4. The van der Waals surface area contributed by atoms with Crippen LogP contribution in [0.3, 0.4) is 0 Å². The molecule has 0 bridgehead atoms. The summed E-state index contributed by atoms with van der Waals surface area (Å²) in [5.41, 5.74) is 4.04. The number of anilines is 1. The third kappa shape index (κ3) is 3.91. The molecule has 3 rings (SSSR count). The number of amides is 1. The van der Waals surface area contributed by atoms with Crippen LogP contribution in [-0.2, 0) is 24.2 Å². The van der Waals surface area contributed by atoms with Crippen LogP contribution in [0, 0.1) is 0 Å². The van der Waals surface area contributed by atoms with Crippen molar-refractivity contribution in [2.75, 3.05) is 5.32 Å². The summed E-state index contributed by atoms with van der Waals surface area (Å²) < 4.78 is 0. The van der Waals surface area contributed by atoms with Crippen LogP contribution >= 0.6 is 0 Å². The summed E-state index contributed by atoms with van der Waals surface area (Å²) in [6.45, 7) is 4.19. The monoisotopic (exact) mass is 335 g/mol. The fourth-order valence-electron chi connectivity index (χ4n) is 2.72. The van der Waals surface area contributed by atoms with Crippen molar-refractivity contribution in [1.29, 1.82) is 0 Å². The van der Waals surface area contributed by atoms with E-state index in [1.165, 1.54) is 4.80 Å². The Balaban J connectivity index is 1.73. The fourth-order valence-corrected chi connectivity index (χ4v) is 2.72. The number of nitrogens with zero attached hydrogens (tertiary/aromatic N) is 4. The Kier molecular flexibility index (Phi) is 5.18. The summed E-state index contributed by atoms with van der Waals surface area (Å²) in [5, 5.41) is 15.3. The molecular formula is C19H21N5O. The molecule has 2 aromatic carbocycles. The molecule has 25 heavy (non-hydrogen) atoms. The van der Waals surface area contributed by atoms with Gasteiger partial charge in [-0.2, -0.15) is 4.80 Å². The first kappa shape index (κ1) is 16.8. The Morgan fingerprint density at radius 1 is 1.00 bits per heavy atom. The van der Waals surface area contributed by atoms with Crippen LogP contribution in [0.2, 0.25) is 0 Å². The molecule has 0 fully saturated rings. The molecule has 0 radical (unpaired) electrons.